The molecule has 4 heteroatoms. The van der Waals surface area contributed by atoms with Crippen molar-refractivity contribution in [3.05, 3.63) is 23.8 Å². The molecular formula is C15H24N2O2. The highest BCUT2D eigenvalue weighted by Gasteiger charge is 2.23. The summed E-state index contributed by atoms with van der Waals surface area (Å²) in [5, 5.41) is 9.58. The number of rotatable bonds is 5. The molecule has 0 aliphatic rings. The van der Waals surface area contributed by atoms with Gasteiger partial charge in [0.2, 0.25) is 5.91 Å². The predicted octanol–water partition coefficient (Wildman–Crippen LogP) is 2.43. The molecule has 0 bridgehead atoms. The van der Waals surface area contributed by atoms with Crippen molar-refractivity contribution in [3.63, 3.8) is 0 Å². The van der Waals surface area contributed by atoms with Gasteiger partial charge in [0.15, 0.2) is 0 Å². The summed E-state index contributed by atoms with van der Waals surface area (Å²) in [6.07, 6.45) is 0.660. The van der Waals surface area contributed by atoms with Gasteiger partial charge in [-0.15, -0.1) is 0 Å². The average molecular weight is 264 g/mol. The Morgan fingerprint density at radius 3 is 2.58 bits per heavy atom. The molecule has 0 aromatic heterocycles. The van der Waals surface area contributed by atoms with Crippen molar-refractivity contribution >= 4 is 11.6 Å². The van der Waals surface area contributed by atoms with Crippen molar-refractivity contribution in [2.45, 2.75) is 40.2 Å². The molecule has 0 heterocycles. The molecule has 1 aromatic rings. The van der Waals surface area contributed by atoms with Gasteiger partial charge < -0.3 is 15.7 Å². The average Bonchev–Trinajstić information content (AvgIpc) is 2.33. The van der Waals surface area contributed by atoms with Gasteiger partial charge in [-0.25, -0.2) is 0 Å². The van der Waals surface area contributed by atoms with E-state index in [1.54, 1.807) is 23.1 Å². The number of anilines is 1. The van der Waals surface area contributed by atoms with E-state index in [1.165, 1.54) is 0 Å². The lowest BCUT2D eigenvalue weighted by Crippen LogP contribution is -2.44. The van der Waals surface area contributed by atoms with E-state index in [4.69, 9.17) is 5.73 Å². The molecule has 0 spiro atoms. The first kappa shape index (κ1) is 15.5. The minimum Gasteiger partial charge on any atom is -0.508 e. The lowest BCUT2D eigenvalue weighted by atomic mass is 10.0. The zero-order valence-corrected chi connectivity index (χ0v) is 12.2. The van der Waals surface area contributed by atoms with Crippen LogP contribution in [0, 0.1) is 12.8 Å². The minimum absolute atomic E-state index is 0.0927. The van der Waals surface area contributed by atoms with Gasteiger partial charge >= 0.3 is 0 Å². The van der Waals surface area contributed by atoms with Crippen LogP contribution in [0.15, 0.2) is 18.2 Å². The molecule has 0 unspecified atom stereocenters. The highest BCUT2D eigenvalue weighted by molar-refractivity contribution is 5.97. The number of nitrogens with two attached hydrogens (primary N) is 1. The number of hydrogen-bond acceptors (Lipinski definition) is 3. The largest absolute Gasteiger partial charge is 0.508 e. The number of nitrogens with zero attached hydrogens (tertiary/aromatic N) is 1. The Morgan fingerprint density at radius 1 is 1.42 bits per heavy atom. The van der Waals surface area contributed by atoms with Gasteiger partial charge in [0.25, 0.3) is 0 Å². The highest BCUT2D eigenvalue weighted by Crippen LogP contribution is 2.25. The first-order chi connectivity index (χ1) is 8.86. The van der Waals surface area contributed by atoms with Crippen LogP contribution in [0.2, 0.25) is 0 Å². The van der Waals surface area contributed by atoms with Crippen LogP contribution in [0.5, 0.6) is 5.75 Å². The second kappa shape index (κ2) is 6.57. The number of benzene rings is 1. The second-order valence-corrected chi connectivity index (χ2v) is 5.29. The fraction of sp³-hybridized carbons (Fsp3) is 0.533. The molecule has 1 atom stereocenters. The number of carbonyl (C=O) groups excluding carboxylic acids is 1. The van der Waals surface area contributed by atoms with E-state index in [0.717, 1.165) is 11.3 Å². The van der Waals surface area contributed by atoms with E-state index in [-0.39, 0.29) is 11.7 Å². The number of carbonyl (C=O) groups is 1. The molecule has 4 nitrogen and oxygen atoms in total. The number of aryl methyl sites for hydroxylation is 1. The lowest BCUT2D eigenvalue weighted by molar-refractivity contribution is -0.120. The fourth-order valence-electron chi connectivity index (χ4n) is 2.14. The van der Waals surface area contributed by atoms with Crippen LogP contribution in [0.1, 0.15) is 32.8 Å². The number of hydrogen-bond donors (Lipinski definition) is 2. The summed E-state index contributed by atoms with van der Waals surface area (Å²) in [5.41, 5.74) is 7.64. The third-order valence-electron chi connectivity index (χ3n) is 3.11. The first-order valence-corrected chi connectivity index (χ1v) is 6.73. The van der Waals surface area contributed by atoms with Crippen LogP contribution >= 0.6 is 0 Å². The zero-order chi connectivity index (χ0) is 14.6. The maximum Gasteiger partial charge on any atom is 0.243 e. The van der Waals surface area contributed by atoms with Crippen LogP contribution in [-0.2, 0) is 4.79 Å². The minimum atomic E-state index is -0.498. The van der Waals surface area contributed by atoms with Gasteiger partial charge in [0.1, 0.15) is 5.75 Å². The smallest absolute Gasteiger partial charge is 0.243 e. The fourth-order valence-corrected chi connectivity index (χ4v) is 2.14. The summed E-state index contributed by atoms with van der Waals surface area (Å²) >= 11 is 0. The quantitative estimate of drug-likeness (QED) is 0.858. The Kier molecular flexibility index (Phi) is 5.36. The Balaban J connectivity index is 2.99. The van der Waals surface area contributed by atoms with Crippen molar-refractivity contribution in [1.29, 1.82) is 0 Å². The summed E-state index contributed by atoms with van der Waals surface area (Å²) in [6.45, 7) is 8.45. The maximum absolute atomic E-state index is 12.4. The van der Waals surface area contributed by atoms with E-state index >= 15 is 0 Å². The molecular weight excluding hydrogens is 240 g/mol. The Morgan fingerprint density at radius 2 is 2.05 bits per heavy atom. The Labute approximate surface area is 115 Å². The maximum atomic E-state index is 12.4. The van der Waals surface area contributed by atoms with Crippen molar-refractivity contribution in [1.82, 2.24) is 0 Å². The highest BCUT2D eigenvalue weighted by atomic mass is 16.3. The third kappa shape index (κ3) is 3.96. The van der Waals surface area contributed by atoms with E-state index in [0.29, 0.717) is 18.9 Å². The van der Waals surface area contributed by atoms with Crippen LogP contribution < -0.4 is 10.6 Å². The third-order valence-corrected chi connectivity index (χ3v) is 3.11. The summed E-state index contributed by atoms with van der Waals surface area (Å²) in [6, 6.07) is 4.53. The van der Waals surface area contributed by atoms with Crippen molar-refractivity contribution in [3.8, 4) is 5.75 Å². The topological polar surface area (TPSA) is 66.6 Å². The predicted molar refractivity (Wildman–Crippen MR) is 78.3 cm³/mol. The SMILES string of the molecule is CCN(C(=O)[C@H](N)CC(C)C)c1cc(O)ccc1C. The summed E-state index contributed by atoms with van der Waals surface area (Å²) < 4.78 is 0. The Hall–Kier alpha value is -1.55. The van der Waals surface area contributed by atoms with Gasteiger partial charge in [-0.1, -0.05) is 19.9 Å². The van der Waals surface area contributed by atoms with E-state index in [1.807, 2.05) is 27.7 Å². The molecule has 0 aliphatic carbocycles. The summed E-state index contributed by atoms with van der Waals surface area (Å²) in [7, 11) is 0. The normalized spacial score (nSPS) is 12.5. The molecule has 3 N–H and O–H groups in total. The summed E-state index contributed by atoms with van der Waals surface area (Å²) in [5.74, 6) is 0.442. The number of phenolic OH excluding ortho intramolecular Hbond substituents is 1. The molecule has 0 aliphatic heterocycles. The van der Waals surface area contributed by atoms with Gasteiger partial charge in [0, 0.05) is 12.6 Å². The number of aromatic hydroxyl groups is 1. The summed E-state index contributed by atoms with van der Waals surface area (Å²) in [4.78, 5) is 14.0. The first-order valence-electron chi connectivity index (χ1n) is 6.73. The molecule has 1 rings (SSSR count). The van der Waals surface area contributed by atoms with Gasteiger partial charge in [-0.2, -0.15) is 0 Å². The van der Waals surface area contributed by atoms with E-state index in [2.05, 4.69) is 0 Å². The van der Waals surface area contributed by atoms with Crippen LogP contribution in [0.3, 0.4) is 0 Å². The van der Waals surface area contributed by atoms with Gasteiger partial charge in [-0.3, -0.25) is 4.79 Å². The molecule has 1 amide bonds. The monoisotopic (exact) mass is 264 g/mol. The molecule has 19 heavy (non-hydrogen) atoms. The van der Waals surface area contributed by atoms with Gasteiger partial charge in [0.05, 0.1) is 11.7 Å². The van der Waals surface area contributed by atoms with E-state index in [9.17, 15) is 9.90 Å². The van der Waals surface area contributed by atoms with Crippen LogP contribution in [0.25, 0.3) is 0 Å². The second-order valence-electron chi connectivity index (χ2n) is 5.29. The molecule has 0 fully saturated rings. The standard InChI is InChI=1S/C15H24N2O2/c1-5-17(15(19)13(16)8-10(2)3)14-9-12(18)7-6-11(14)4/h6-7,9-10,13,18H,5,8,16H2,1-4H3/t13-/m1/s1. The molecule has 0 saturated carbocycles. The van der Waals surface area contributed by atoms with Crippen molar-refractivity contribution < 1.29 is 9.90 Å². The molecule has 106 valence electrons. The van der Waals surface area contributed by atoms with Gasteiger partial charge in [-0.05, 0) is 37.8 Å². The van der Waals surface area contributed by atoms with Crippen LogP contribution in [-0.4, -0.2) is 23.6 Å². The van der Waals surface area contributed by atoms with Crippen molar-refractivity contribution in [2.24, 2.45) is 11.7 Å². The van der Waals surface area contributed by atoms with E-state index < -0.39 is 6.04 Å². The number of likely N-dealkylation sites (N-methyl/N-ethyl adjacent to an activating group) is 1. The zero-order valence-electron chi connectivity index (χ0n) is 12.2. The number of phenols is 1. The van der Waals surface area contributed by atoms with Crippen LogP contribution in [0.4, 0.5) is 5.69 Å². The molecule has 1 aromatic carbocycles. The van der Waals surface area contributed by atoms with Crippen molar-refractivity contribution in [2.75, 3.05) is 11.4 Å². The lowest BCUT2D eigenvalue weighted by Gasteiger charge is -2.26. The Bertz CT molecular complexity index is 444. The molecule has 0 radical (unpaired) electrons. The number of amides is 1. The molecule has 0 saturated heterocycles.